The van der Waals surface area contributed by atoms with Crippen LogP contribution in [0.3, 0.4) is 0 Å². The maximum Gasteiger partial charge on any atom is 1.00 e. The fourth-order valence-electron chi connectivity index (χ4n) is 7.63. The first kappa shape index (κ1) is 38.2. The molecule has 2 heterocycles. The van der Waals surface area contributed by atoms with E-state index < -0.39 is 10.1 Å². The van der Waals surface area contributed by atoms with Crippen LogP contribution < -0.4 is 52.5 Å². The van der Waals surface area contributed by atoms with E-state index in [4.69, 9.17) is 29.4 Å². The zero-order valence-electron chi connectivity index (χ0n) is 30.4. The molecule has 270 valence electrons. The molecule has 0 saturated carbocycles. The van der Waals surface area contributed by atoms with Crippen LogP contribution in [0.2, 0.25) is 0 Å². The first-order valence-corrected chi connectivity index (χ1v) is 19.3. The van der Waals surface area contributed by atoms with Crippen LogP contribution in [0.5, 0.6) is 23.0 Å². The first-order chi connectivity index (χ1) is 27.3. The average Bonchev–Trinajstić information content (AvgIpc) is 3.69. The van der Waals surface area contributed by atoms with Crippen molar-refractivity contribution in [2.75, 3.05) is 0 Å². The Labute approximate surface area is 357 Å². The minimum absolute atomic E-state index is 0. The summed E-state index contributed by atoms with van der Waals surface area (Å²) in [4.78, 5) is 20.9. The third-order valence-electron chi connectivity index (χ3n) is 10.0. The molecule has 0 fully saturated rings. The van der Waals surface area contributed by atoms with Gasteiger partial charge in [0.05, 0.1) is 61.8 Å². The number of nitrogens with zero attached hydrogens (tertiary/aromatic N) is 4. The molecule has 0 bridgehead atoms. The molecule has 16 heteroatoms. The number of hydrogen-bond acceptors (Lipinski definition) is 13. The number of benzene rings is 7. The van der Waals surface area contributed by atoms with Gasteiger partial charge in [0.2, 0.25) is 0 Å². The molecular weight excluding hydrogens is 766 g/mol. The molecule has 2 aliphatic rings. The van der Waals surface area contributed by atoms with E-state index in [1.54, 1.807) is 24.3 Å². The summed E-state index contributed by atoms with van der Waals surface area (Å²) in [5.41, 5.74) is 9.54. The molecule has 2 aliphatic carbocycles. The average molecular weight is 787 g/mol. The Morgan fingerprint density at radius 3 is 1.34 bits per heavy atom. The van der Waals surface area contributed by atoms with E-state index in [2.05, 4.69) is 9.37 Å². The van der Waals surface area contributed by atoms with Gasteiger partial charge in [0.25, 0.3) is 0 Å². The second kappa shape index (κ2) is 14.5. The number of ether oxygens (including phenoxy) is 2. The molecular formula is C42H20Li2N4O8S2. The van der Waals surface area contributed by atoms with E-state index >= 15 is 0 Å². The molecule has 0 spiro atoms. The number of rotatable bonds is 8. The molecule has 9 aromatic rings. The maximum absolute atomic E-state index is 11.4. The van der Waals surface area contributed by atoms with Crippen molar-refractivity contribution in [2.24, 2.45) is 0 Å². The van der Waals surface area contributed by atoms with Gasteiger partial charge in [-0.25, -0.2) is 28.4 Å². The molecule has 7 aromatic carbocycles. The Balaban J connectivity index is 0.00000218. The van der Waals surface area contributed by atoms with Crippen LogP contribution in [-0.2, 0) is 19.5 Å². The normalized spacial score (nSPS) is 12.0. The third-order valence-corrected chi connectivity index (χ3v) is 11.5. The van der Waals surface area contributed by atoms with Gasteiger partial charge in [-0.1, -0.05) is 36.4 Å². The van der Waals surface area contributed by atoms with E-state index in [1.807, 2.05) is 72.8 Å². The SMILES string of the molecule is O=S(=O)([O-])c1ccc(Oc2ccc3c4c(cccc24)-c2nc4cc5nc6c(nc5cc4nc2-3)-c2cccc3c(Oc4ccc(SOO[O-])cc4)ccc-6c23)cc1.[Li+].[Li+]. The zero-order valence-corrected chi connectivity index (χ0v) is 32.1. The molecule has 2 aromatic heterocycles. The van der Waals surface area contributed by atoms with Crippen LogP contribution in [0.4, 0.5) is 0 Å². The summed E-state index contributed by atoms with van der Waals surface area (Å²) in [6.07, 6.45) is 0. The smallest absolute Gasteiger partial charge is 0.744 e. The van der Waals surface area contributed by atoms with Crippen molar-refractivity contribution < 1.29 is 74.8 Å². The fraction of sp³-hybridized carbons (Fsp3) is 0. The minimum atomic E-state index is -4.57. The molecule has 11 rings (SSSR count). The largest absolute Gasteiger partial charge is 1.00 e. The molecule has 0 unspecified atom stereocenters. The summed E-state index contributed by atoms with van der Waals surface area (Å²) in [7, 11) is -4.57. The van der Waals surface area contributed by atoms with Gasteiger partial charge in [0.15, 0.2) is 0 Å². The van der Waals surface area contributed by atoms with Gasteiger partial charge < -0.3 is 19.3 Å². The molecule has 0 atom stereocenters. The second-order valence-electron chi connectivity index (χ2n) is 13.2. The van der Waals surface area contributed by atoms with E-state index in [0.717, 1.165) is 78.6 Å². The summed E-state index contributed by atoms with van der Waals surface area (Å²) in [6, 6.07) is 36.0. The van der Waals surface area contributed by atoms with Crippen molar-refractivity contribution in [3.8, 4) is 68.0 Å². The van der Waals surface area contributed by atoms with Crippen molar-refractivity contribution in [3.05, 3.63) is 121 Å². The minimum Gasteiger partial charge on any atom is -0.744 e. The van der Waals surface area contributed by atoms with Gasteiger partial charge in [-0.05, 0) is 84.9 Å². The van der Waals surface area contributed by atoms with Gasteiger partial charge in [0.1, 0.15) is 33.1 Å². The van der Waals surface area contributed by atoms with Crippen LogP contribution in [-0.4, -0.2) is 32.9 Å². The molecule has 0 N–H and O–H groups in total. The van der Waals surface area contributed by atoms with Gasteiger partial charge in [-0.15, -0.1) is 0 Å². The zero-order chi connectivity index (χ0) is 37.7. The van der Waals surface area contributed by atoms with Crippen molar-refractivity contribution >= 4 is 65.8 Å². The quantitative estimate of drug-likeness (QED) is 0.0551. The second-order valence-corrected chi connectivity index (χ2v) is 15.3. The molecule has 58 heavy (non-hydrogen) atoms. The van der Waals surface area contributed by atoms with Crippen molar-refractivity contribution in [1.82, 2.24) is 19.9 Å². The monoisotopic (exact) mass is 786 g/mol. The predicted molar refractivity (Wildman–Crippen MR) is 206 cm³/mol. The fourth-order valence-corrected chi connectivity index (χ4v) is 8.45. The van der Waals surface area contributed by atoms with Gasteiger partial charge >= 0.3 is 37.7 Å². The summed E-state index contributed by atoms with van der Waals surface area (Å²) in [5.74, 6) is 2.25. The van der Waals surface area contributed by atoms with E-state index in [9.17, 15) is 18.2 Å². The molecule has 0 amide bonds. The summed E-state index contributed by atoms with van der Waals surface area (Å²) < 4.78 is 51.1. The Bertz CT molecular complexity index is 3200. The Morgan fingerprint density at radius 1 is 0.517 bits per heavy atom. The van der Waals surface area contributed by atoms with E-state index in [-0.39, 0.29) is 42.6 Å². The molecule has 0 aliphatic heterocycles. The standard InChI is InChI=1S/C42H22N4O8S2.2Li/c47-53-54-55-23-11-7-21(8-12-23)51-35-17-15-29-37-25(35)3-1-5-27(37)39-41(29)45-33-20-32-34(19-31(33)43-39)46-42-30-16-18-36(26-4-2-6-28(38(26)30)40(42)44-32)52-22-9-13-24(14-10-22)56(48,49)50;;/h1-20,47H,(H,48,49,50);;/q;2*+1/p-2. The number of hydrogen-bond donors (Lipinski definition) is 0. The first-order valence-electron chi connectivity index (χ1n) is 17.1. The van der Waals surface area contributed by atoms with Gasteiger partial charge in [0, 0.05) is 48.7 Å². The van der Waals surface area contributed by atoms with E-state index in [0.29, 0.717) is 50.0 Å². The Hall–Kier alpha value is -5.33. The Morgan fingerprint density at radius 2 is 0.931 bits per heavy atom. The number of fused-ring (bicyclic) bond motifs is 8. The predicted octanol–water partition coefficient (Wildman–Crippen LogP) is 2.90. The summed E-state index contributed by atoms with van der Waals surface area (Å²) in [5, 5.41) is 17.3. The van der Waals surface area contributed by atoms with Crippen molar-refractivity contribution in [2.45, 2.75) is 9.79 Å². The maximum atomic E-state index is 11.4. The van der Waals surface area contributed by atoms with Gasteiger partial charge in [-0.2, -0.15) is 4.33 Å². The molecule has 12 nitrogen and oxygen atoms in total. The van der Waals surface area contributed by atoms with Gasteiger partial charge in [-0.3, -0.25) is 5.04 Å². The Kier molecular flexibility index (Phi) is 9.55. The van der Waals surface area contributed by atoms with E-state index in [1.165, 1.54) is 24.3 Å². The van der Waals surface area contributed by atoms with Crippen LogP contribution in [0.15, 0.2) is 131 Å². The molecule has 0 saturated heterocycles. The van der Waals surface area contributed by atoms with Crippen LogP contribution in [0, 0.1) is 0 Å². The number of aromatic nitrogens is 4. The molecule has 0 radical (unpaired) electrons. The van der Waals surface area contributed by atoms with Crippen molar-refractivity contribution in [3.63, 3.8) is 0 Å². The topological polar surface area (TPSA) is 169 Å². The van der Waals surface area contributed by atoms with Crippen LogP contribution in [0.1, 0.15) is 0 Å². The summed E-state index contributed by atoms with van der Waals surface area (Å²) in [6.45, 7) is 0. The summed E-state index contributed by atoms with van der Waals surface area (Å²) >= 11 is 0.812. The van der Waals surface area contributed by atoms with Crippen LogP contribution >= 0.6 is 12.0 Å². The van der Waals surface area contributed by atoms with Crippen LogP contribution in [0.25, 0.3) is 88.6 Å². The third kappa shape index (κ3) is 6.14. The van der Waals surface area contributed by atoms with Crippen molar-refractivity contribution in [1.29, 1.82) is 0 Å².